The zero-order valence-corrected chi connectivity index (χ0v) is 11.9. The van der Waals surface area contributed by atoms with Gasteiger partial charge in [0.05, 0.1) is 0 Å². The van der Waals surface area contributed by atoms with Gasteiger partial charge in [-0.25, -0.2) is 4.79 Å². The second-order valence-corrected chi connectivity index (χ2v) is 5.84. The van der Waals surface area contributed by atoms with Crippen LogP contribution >= 0.6 is 11.3 Å². The molecule has 0 saturated heterocycles. The number of ether oxygens (including phenoxy) is 1. The first-order valence-corrected chi connectivity index (χ1v) is 7.04. The molecule has 0 bridgehead atoms. The van der Waals surface area contributed by atoms with E-state index in [2.05, 4.69) is 24.4 Å². The third-order valence-corrected chi connectivity index (χ3v) is 3.64. The van der Waals surface area contributed by atoms with Crippen LogP contribution in [0.3, 0.4) is 0 Å². The van der Waals surface area contributed by atoms with Crippen molar-refractivity contribution in [1.82, 2.24) is 5.32 Å². The standard InChI is InChI=1S/C15H17NO2S/c1-11(10-14-9-8-12(2)19-14)16-15(17)18-13-6-4-3-5-7-13/h3-9,11H,10H2,1-2H3,(H,16,17). The predicted molar refractivity (Wildman–Crippen MR) is 77.8 cm³/mol. The molecule has 0 aliphatic rings. The highest BCUT2D eigenvalue weighted by atomic mass is 32.1. The molecule has 0 aliphatic carbocycles. The van der Waals surface area contributed by atoms with Crippen molar-refractivity contribution in [2.75, 3.05) is 0 Å². The highest BCUT2D eigenvalue weighted by Crippen LogP contribution is 2.16. The van der Waals surface area contributed by atoms with Gasteiger partial charge in [-0.15, -0.1) is 11.3 Å². The zero-order chi connectivity index (χ0) is 13.7. The van der Waals surface area contributed by atoms with Crippen molar-refractivity contribution in [3.05, 3.63) is 52.2 Å². The Morgan fingerprint density at radius 3 is 2.63 bits per heavy atom. The number of rotatable bonds is 4. The van der Waals surface area contributed by atoms with Crippen LogP contribution in [0.15, 0.2) is 42.5 Å². The Kier molecular flexibility index (Phi) is 4.58. The number of para-hydroxylation sites is 1. The molecule has 2 aromatic rings. The van der Waals surface area contributed by atoms with Crippen LogP contribution in [0.25, 0.3) is 0 Å². The molecule has 0 radical (unpaired) electrons. The largest absolute Gasteiger partial charge is 0.412 e. The van der Waals surface area contributed by atoms with Crippen molar-refractivity contribution in [3.8, 4) is 5.75 Å². The average Bonchev–Trinajstić information content (AvgIpc) is 2.75. The molecule has 1 amide bonds. The lowest BCUT2D eigenvalue weighted by atomic mass is 10.2. The van der Waals surface area contributed by atoms with Crippen LogP contribution in [-0.4, -0.2) is 12.1 Å². The maximum absolute atomic E-state index is 11.7. The molecule has 1 unspecified atom stereocenters. The van der Waals surface area contributed by atoms with Gasteiger partial charge >= 0.3 is 6.09 Å². The van der Waals surface area contributed by atoms with Crippen molar-refractivity contribution >= 4 is 17.4 Å². The summed E-state index contributed by atoms with van der Waals surface area (Å²) in [7, 11) is 0. The van der Waals surface area contributed by atoms with E-state index in [-0.39, 0.29) is 6.04 Å². The molecular formula is C15H17NO2S. The molecule has 100 valence electrons. The van der Waals surface area contributed by atoms with Gasteiger partial charge in [0.15, 0.2) is 0 Å². The minimum Gasteiger partial charge on any atom is -0.410 e. The normalized spacial score (nSPS) is 11.9. The Bertz CT molecular complexity index is 536. The van der Waals surface area contributed by atoms with Gasteiger partial charge in [-0.3, -0.25) is 0 Å². The molecule has 1 N–H and O–H groups in total. The molecule has 1 aromatic carbocycles. The third kappa shape index (κ3) is 4.41. The quantitative estimate of drug-likeness (QED) is 0.922. The Balaban J connectivity index is 1.82. The van der Waals surface area contributed by atoms with Gasteiger partial charge in [0.1, 0.15) is 5.75 Å². The first-order valence-electron chi connectivity index (χ1n) is 6.22. The number of aryl methyl sites for hydroxylation is 1. The minimum absolute atomic E-state index is 0.0502. The summed E-state index contributed by atoms with van der Waals surface area (Å²) in [6, 6.07) is 13.3. The number of hydrogen-bond donors (Lipinski definition) is 1. The summed E-state index contributed by atoms with van der Waals surface area (Å²) in [5.41, 5.74) is 0. The van der Waals surface area contributed by atoms with E-state index >= 15 is 0 Å². The summed E-state index contributed by atoms with van der Waals surface area (Å²) >= 11 is 1.76. The predicted octanol–water partition coefficient (Wildman–Crippen LogP) is 3.78. The monoisotopic (exact) mass is 275 g/mol. The van der Waals surface area contributed by atoms with Gasteiger partial charge in [0.2, 0.25) is 0 Å². The number of hydrogen-bond acceptors (Lipinski definition) is 3. The van der Waals surface area contributed by atoms with Gasteiger partial charge in [-0.1, -0.05) is 18.2 Å². The van der Waals surface area contributed by atoms with E-state index in [1.54, 1.807) is 23.5 Å². The second-order valence-electron chi connectivity index (χ2n) is 4.46. The summed E-state index contributed by atoms with van der Waals surface area (Å²) in [5, 5.41) is 2.83. The lowest BCUT2D eigenvalue weighted by Gasteiger charge is -2.12. The van der Waals surface area contributed by atoms with E-state index in [4.69, 9.17) is 4.74 Å². The van der Waals surface area contributed by atoms with Crippen LogP contribution in [-0.2, 0) is 6.42 Å². The van der Waals surface area contributed by atoms with Gasteiger partial charge in [-0.05, 0) is 38.1 Å². The van der Waals surface area contributed by atoms with Crippen LogP contribution in [0.2, 0.25) is 0 Å². The van der Waals surface area contributed by atoms with Crippen molar-refractivity contribution in [2.24, 2.45) is 0 Å². The van der Waals surface area contributed by atoms with E-state index in [0.717, 1.165) is 6.42 Å². The van der Waals surface area contributed by atoms with E-state index in [9.17, 15) is 4.79 Å². The molecule has 0 saturated carbocycles. The molecule has 3 nitrogen and oxygen atoms in total. The van der Waals surface area contributed by atoms with Crippen LogP contribution in [0.4, 0.5) is 4.79 Å². The van der Waals surface area contributed by atoms with E-state index < -0.39 is 6.09 Å². The number of amides is 1. The molecular weight excluding hydrogens is 258 g/mol. The van der Waals surface area contributed by atoms with Crippen LogP contribution in [0, 0.1) is 6.92 Å². The smallest absolute Gasteiger partial charge is 0.410 e. The van der Waals surface area contributed by atoms with Crippen LogP contribution < -0.4 is 10.1 Å². The topological polar surface area (TPSA) is 38.3 Å². The van der Waals surface area contributed by atoms with Gasteiger partial charge in [-0.2, -0.15) is 0 Å². The zero-order valence-electron chi connectivity index (χ0n) is 11.1. The van der Waals surface area contributed by atoms with Crippen LogP contribution in [0.1, 0.15) is 16.7 Å². The van der Waals surface area contributed by atoms with Gasteiger partial charge in [0, 0.05) is 22.2 Å². The number of carbonyl (C=O) groups is 1. The molecule has 4 heteroatoms. The number of benzene rings is 1. The molecule has 2 rings (SSSR count). The molecule has 0 aliphatic heterocycles. The molecule has 1 aromatic heterocycles. The molecule has 19 heavy (non-hydrogen) atoms. The fourth-order valence-corrected chi connectivity index (χ4v) is 2.79. The first-order chi connectivity index (χ1) is 9.13. The summed E-state index contributed by atoms with van der Waals surface area (Å²) in [4.78, 5) is 14.2. The van der Waals surface area contributed by atoms with Gasteiger partial charge < -0.3 is 10.1 Å². The van der Waals surface area contributed by atoms with Crippen LogP contribution in [0.5, 0.6) is 5.75 Å². The van der Waals surface area contributed by atoms with E-state index in [1.165, 1.54) is 9.75 Å². The molecule has 1 heterocycles. The highest BCUT2D eigenvalue weighted by Gasteiger charge is 2.10. The summed E-state index contributed by atoms with van der Waals surface area (Å²) in [6.07, 6.45) is 0.412. The van der Waals surface area contributed by atoms with Crippen molar-refractivity contribution < 1.29 is 9.53 Å². The number of nitrogens with one attached hydrogen (secondary N) is 1. The average molecular weight is 275 g/mol. The summed E-state index contributed by atoms with van der Waals surface area (Å²) < 4.78 is 5.18. The number of thiophene rings is 1. The van der Waals surface area contributed by atoms with Crippen molar-refractivity contribution in [2.45, 2.75) is 26.3 Å². The Hall–Kier alpha value is -1.81. The lowest BCUT2D eigenvalue weighted by molar-refractivity contribution is 0.197. The first kappa shape index (κ1) is 13.6. The van der Waals surface area contributed by atoms with Crippen molar-refractivity contribution in [3.63, 3.8) is 0 Å². The lowest BCUT2D eigenvalue weighted by Crippen LogP contribution is -2.36. The van der Waals surface area contributed by atoms with Gasteiger partial charge in [0.25, 0.3) is 0 Å². The third-order valence-electron chi connectivity index (χ3n) is 2.62. The molecule has 1 atom stereocenters. The SMILES string of the molecule is Cc1ccc(CC(C)NC(=O)Oc2ccccc2)s1. The fourth-order valence-electron chi connectivity index (χ4n) is 1.77. The summed E-state index contributed by atoms with van der Waals surface area (Å²) in [6.45, 7) is 4.05. The van der Waals surface area contributed by atoms with E-state index in [0.29, 0.717) is 5.75 Å². The Morgan fingerprint density at radius 1 is 1.26 bits per heavy atom. The van der Waals surface area contributed by atoms with Crippen molar-refractivity contribution in [1.29, 1.82) is 0 Å². The number of carbonyl (C=O) groups excluding carboxylic acids is 1. The molecule has 0 spiro atoms. The highest BCUT2D eigenvalue weighted by molar-refractivity contribution is 7.11. The maximum atomic E-state index is 11.7. The molecule has 0 fully saturated rings. The Labute approximate surface area is 117 Å². The maximum Gasteiger partial charge on any atom is 0.412 e. The van der Waals surface area contributed by atoms with E-state index in [1.807, 2.05) is 25.1 Å². The second kappa shape index (κ2) is 6.38. The fraction of sp³-hybridized carbons (Fsp3) is 0.267. The minimum atomic E-state index is -0.410. The Morgan fingerprint density at radius 2 is 2.00 bits per heavy atom. The summed E-state index contributed by atoms with van der Waals surface area (Å²) in [5.74, 6) is 0.555.